The molecule has 2 aliphatic heterocycles. The smallest absolute Gasteiger partial charge is 0.223 e. The van der Waals surface area contributed by atoms with Gasteiger partial charge in [-0.3, -0.25) is 9.79 Å². The molecule has 2 saturated heterocycles. The van der Waals surface area contributed by atoms with E-state index in [1.807, 2.05) is 0 Å². The van der Waals surface area contributed by atoms with E-state index in [0.29, 0.717) is 31.2 Å². The minimum absolute atomic E-state index is 0.117. The van der Waals surface area contributed by atoms with Crippen LogP contribution in [0.25, 0.3) is 0 Å². The second-order valence-electron chi connectivity index (χ2n) is 5.40. The average Bonchev–Trinajstić information content (AvgIpc) is 2.99. The van der Waals surface area contributed by atoms with Gasteiger partial charge >= 0.3 is 0 Å². The summed E-state index contributed by atoms with van der Waals surface area (Å²) in [6.07, 6.45) is 4.61. The third-order valence-electron chi connectivity index (χ3n) is 3.78. The van der Waals surface area contributed by atoms with Gasteiger partial charge in [0.25, 0.3) is 0 Å². The highest BCUT2D eigenvalue weighted by molar-refractivity contribution is 5.81. The van der Waals surface area contributed by atoms with Crippen LogP contribution in [0.3, 0.4) is 0 Å². The van der Waals surface area contributed by atoms with Crippen LogP contribution in [-0.4, -0.2) is 62.7 Å². The van der Waals surface area contributed by atoms with Crippen LogP contribution in [0.1, 0.15) is 25.7 Å². The number of nitrogens with one attached hydrogen (secondary N) is 2. The number of hydrogen-bond donors (Lipinski definition) is 2. The van der Waals surface area contributed by atoms with E-state index in [4.69, 9.17) is 4.74 Å². The lowest BCUT2D eigenvalue weighted by Gasteiger charge is -2.22. The van der Waals surface area contributed by atoms with Gasteiger partial charge in [-0.2, -0.15) is 0 Å². The number of fused-ring (bicyclic) bond motifs is 2. The zero-order valence-electron chi connectivity index (χ0n) is 12.0. The zero-order chi connectivity index (χ0) is 13.8. The molecule has 2 heterocycles. The molecule has 19 heavy (non-hydrogen) atoms. The minimum Gasteiger partial charge on any atom is -0.373 e. The van der Waals surface area contributed by atoms with Crippen molar-refractivity contribution in [2.24, 2.45) is 4.99 Å². The third kappa shape index (κ3) is 3.59. The van der Waals surface area contributed by atoms with Crippen molar-refractivity contribution >= 4 is 11.9 Å². The first-order chi connectivity index (χ1) is 9.10. The van der Waals surface area contributed by atoms with Crippen LogP contribution in [0, 0.1) is 0 Å². The van der Waals surface area contributed by atoms with E-state index in [-0.39, 0.29) is 5.91 Å². The van der Waals surface area contributed by atoms with Crippen molar-refractivity contribution < 1.29 is 9.53 Å². The summed E-state index contributed by atoms with van der Waals surface area (Å²) < 4.78 is 5.80. The van der Waals surface area contributed by atoms with Crippen molar-refractivity contribution in [1.29, 1.82) is 0 Å². The maximum atomic E-state index is 11.5. The van der Waals surface area contributed by atoms with E-state index in [0.717, 1.165) is 18.8 Å². The summed E-state index contributed by atoms with van der Waals surface area (Å²) in [5.41, 5.74) is 0. The van der Waals surface area contributed by atoms with Crippen molar-refractivity contribution in [3.05, 3.63) is 0 Å². The second kappa shape index (κ2) is 6.23. The number of guanidine groups is 1. The fraction of sp³-hybridized carbons (Fsp3) is 0.846. The molecule has 0 aromatic heterocycles. The first kappa shape index (κ1) is 14.1. The van der Waals surface area contributed by atoms with Gasteiger partial charge in [-0.1, -0.05) is 0 Å². The van der Waals surface area contributed by atoms with Crippen LogP contribution in [-0.2, 0) is 9.53 Å². The van der Waals surface area contributed by atoms with Crippen molar-refractivity contribution in [2.75, 3.05) is 27.7 Å². The van der Waals surface area contributed by atoms with Crippen LogP contribution in [0.15, 0.2) is 4.99 Å². The van der Waals surface area contributed by atoms with Gasteiger partial charge in [0, 0.05) is 34.1 Å². The molecule has 6 heteroatoms. The van der Waals surface area contributed by atoms with Crippen molar-refractivity contribution in [2.45, 2.75) is 43.9 Å². The number of ether oxygens (including phenoxy) is 1. The van der Waals surface area contributed by atoms with Gasteiger partial charge in [-0.05, 0) is 19.3 Å². The molecule has 2 fully saturated rings. The summed E-state index contributed by atoms with van der Waals surface area (Å²) in [6.45, 7) is 0.596. The summed E-state index contributed by atoms with van der Waals surface area (Å²) in [7, 11) is 5.28. The SMILES string of the molecule is CN=C(NCCC(=O)N(C)C)NC1CC2CCC1O2. The van der Waals surface area contributed by atoms with Gasteiger partial charge in [0.2, 0.25) is 5.91 Å². The molecule has 0 aromatic rings. The van der Waals surface area contributed by atoms with E-state index in [9.17, 15) is 4.79 Å². The molecule has 0 aromatic carbocycles. The molecule has 2 rings (SSSR count). The molecule has 3 atom stereocenters. The van der Waals surface area contributed by atoms with Gasteiger partial charge in [-0.25, -0.2) is 0 Å². The highest BCUT2D eigenvalue weighted by Gasteiger charge is 2.41. The lowest BCUT2D eigenvalue weighted by atomic mass is 9.96. The maximum Gasteiger partial charge on any atom is 0.223 e. The fourth-order valence-electron chi connectivity index (χ4n) is 2.67. The molecule has 3 unspecified atom stereocenters. The minimum atomic E-state index is 0.117. The fourth-order valence-corrected chi connectivity index (χ4v) is 2.67. The quantitative estimate of drug-likeness (QED) is 0.554. The molecule has 0 radical (unpaired) electrons. The second-order valence-corrected chi connectivity index (χ2v) is 5.40. The largest absolute Gasteiger partial charge is 0.373 e. The molecule has 0 aliphatic carbocycles. The monoisotopic (exact) mass is 268 g/mol. The molecule has 6 nitrogen and oxygen atoms in total. The standard InChI is InChI=1S/C13H24N4O2/c1-14-13(15-7-6-12(18)17(2)3)16-10-8-9-4-5-11(10)19-9/h9-11H,4-8H2,1-3H3,(H2,14,15,16). The average molecular weight is 268 g/mol. The first-order valence-electron chi connectivity index (χ1n) is 6.93. The lowest BCUT2D eigenvalue weighted by Crippen LogP contribution is -2.48. The van der Waals surface area contributed by atoms with Crippen LogP contribution in [0.2, 0.25) is 0 Å². The lowest BCUT2D eigenvalue weighted by molar-refractivity contribution is -0.128. The Bertz CT molecular complexity index is 357. The summed E-state index contributed by atoms with van der Waals surface area (Å²) >= 11 is 0. The van der Waals surface area contributed by atoms with Crippen molar-refractivity contribution in [1.82, 2.24) is 15.5 Å². The zero-order valence-corrected chi connectivity index (χ0v) is 12.0. The number of rotatable bonds is 4. The summed E-state index contributed by atoms with van der Waals surface area (Å²) in [6, 6.07) is 0.356. The first-order valence-corrected chi connectivity index (χ1v) is 6.93. The Morgan fingerprint density at radius 2 is 2.21 bits per heavy atom. The van der Waals surface area contributed by atoms with Crippen LogP contribution in [0.5, 0.6) is 0 Å². The Morgan fingerprint density at radius 3 is 2.74 bits per heavy atom. The van der Waals surface area contributed by atoms with Gasteiger partial charge < -0.3 is 20.3 Å². The Balaban J connectivity index is 1.71. The Kier molecular flexibility index (Phi) is 4.63. The molecular weight excluding hydrogens is 244 g/mol. The summed E-state index contributed by atoms with van der Waals surface area (Å²) in [4.78, 5) is 17.3. The molecule has 2 bridgehead atoms. The predicted octanol–water partition coefficient (Wildman–Crippen LogP) is -0.0504. The molecule has 2 aliphatic rings. The molecule has 0 spiro atoms. The van der Waals surface area contributed by atoms with Gasteiger partial charge in [0.05, 0.1) is 18.2 Å². The van der Waals surface area contributed by atoms with Gasteiger partial charge in [0.1, 0.15) is 0 Å². The Hall–Kier alpha value is -1.30. The number of carbonyl (C=O) groups excluding carboxylic acids is 1. The Labute approximate surface area is 114 Å². The number of carbonyl (C=O) groups is 1. The number of hydrogen-bond acceptors (Lipinski definition) is 3. The summed E-state index contributed by atoms with van der Waals surface area (Å²) in [5.74, 6) is 0.874. The van der Waals surface area contributed by atoms with Gasteiger partial charge in [0.15, 0.2) is 5.96 Å². The normalized spacial score (nSPS) is 29.4. The van der Waals surface area contributed by atoms with E-state index in [1.54, 1.807) is 26.0 Å². The molecule has 108 valence electrons. The molecular formula is C13H24N4O2. The van der Waals surface area contributed by atoms with Crippen LogP contribution >= 0.6 is 0 Å². The third-order valence-corrected chi connectivity index (χ3v) is 3.78. The highest BCUT2D eigenvalue weighted by Crippen LogP contribution is 2.34. The highest BCUT2D eigenvalue weighted by atomic mass is 16.5. The Morgan fingerprint density at radius 1 is 1.42 bits per heavy atom. The predicted molar refractivity (Wildman–Crippen MR) is 74.1 cm³/mol. The van der Waals surface area contributed by atoms with E-state index in [2.05, 4.69) is 15.6 Å². The van der Waals surface area contributed by atoms with E-state index < -0.39 is 0 Å². The van der Waals surface area contributed by atoms with Crippen molar-refractivity contribution in [3.63, 3.8) is 0 Å². The molecule has 0 saturated carbocycles. The number of nitrogens with zero attached hydrogens (tertiary/aromatic N) is 2. The molecule has 1 amide bonds. The number of amides is 1. The van der Waals surface area contributed by atoms with Crippen molar-refractivity contribution in [3.8, 4) is 0 Å². The van der Waals surface area contributed by atoms with Crippen LogP contribution < -0.4 is 10.6 Å². The topological polar surface area (TPSA) is 66.0 Å². The van der Waals surface area contributed by atoms with Crippen LogP contribution in [0.4, 0.5) is 0 Å². The molecule has 2 N–H and O–H groups in total. The maximum absolute atomic E-state index is 11.5. The summed E-state index contributed by atoms with van der Waals surface area (Å²) in [5, 5.41) is 6.57. The van der Waals surface area contributed by atoms with Gasteiger partial charge in [-0.15, -0.1) is 0 Å². The van der Waals surface area contributed by atoms with E-state index in [1.165, 1.54) is 6.42 Å². The number of aliphatic imine (C=N–C) groups is 1. The van der Waals surface area contributed by atoms with E-state index >= 15 is 0 Å².